The predicted octanol–water partition coefficient (Wildman–Crippen LogP) is -0.351. The molecule has 2 rings (SSSR count). The zero-order valence-corrected chi connectivity index (χ0v) is 14.9. The third kappa shape index (κ3) is 5.61. The lowest BCUT2D eigenvalue weighted by atomic mass is 10.2. The molecule has 1 unspecified atom stereocenters. The molecule has 1 fully saturated rings. The van der Waals surface area contributed by atoms with E-state index in [2.05, 4.69) is 15.4 Å². The molecule has 1 saturated heterocycles. The Kier molecular flexibility index (Phi) is 6.21. The highest BCUT2D eigenvalue weighted by Gasteiger charge is 2.32. The van der Waals surface area contributed by atoms with Crippen molar-refractivity contribution in [2.75, 3.05) is 37.9 Å². The first-order chi connectivity index (χ1) is 11.8. The molecule has 9 nitrogen and oxygen atoms in total. The SMILES string of the molecule is COc1ccccc1N1CC(NC(=O)NCCNS(C)(=O)=O)CC1=O. The van der Waals surface area contributed by atoms with Gasteiger partial charge in [-0.3, -0.25) is 4.79 Å². The lowest BCUT2D eigenvalue weighted by Crippen LogP contribution is -2.45. The van der Waals surface area contributed by atoms with Crippen LogP contribution in [0.25, 0.3) is 0 Å². The maximum atomic E-state index is 12.2. The minimum Gasteiger partial charge on any atom is -0.495 e. The van der Waals surface area contributed by atoms with Crippen LogP contribution in [-0.4, -0.2) is 59.4 Å². The van der Waals surface area contributed by atoms with Gasteiger partial charge >= 0.3 is 6.03 Å². The normalized spacial score (nSPS) is 17.4. The molecule has 1 heterocycles. The molecule has 0 radical (unpaired) electrons. The van der Waals surface area contributed by atoms with Gasteiger partial charge in [-0.1, -0.05) is 12.1 Å². The van der Waals surface area contributed by atoms with Gasteiger partial charge in [0.15, 0.2) is 0 Å². The predicted molar refractivity (Wildman–Crippen MR) is 93.1 cm³/mol. The first-order valence-electron chi connectivity index (χ1n) is 7.72. The first kappa shape index (κ1) is 19.0. The lowest BCUT2D eigenvalue weighted by Gasteiger charge is -2.19. The van der Waals surface area contributed by atoms with Crippen molar-refractivity contribution in [3.05, 3.63) is 24.3 Å². The van der Waals surface area contributed by atoms with Crippen molar-refractivity contribution < 1.29 is 22.7 Å². The summed E-state index contributed by atoms with van der Waals surface area (Å²) in [6.45, 7) is 0.590. The number of ether oxygens (including phenoxy) is 1. The second kappa shape index (κ2) is 8.17. The van der Waals surface area contributed by atoms with E-state index in [-0.39, 0.29) is 31.5 Å². The number of benzene rings is 1. The second-order valence-electron chi connectivity index (χ2n) is 5.64. The number of urea groups is 1. The largest absolute Gasteiger partial charge is 0.495 e. The van der Waals surface area contributed by atoms with Crippen LogP contribution in [0.15, 0.2) is 24.3 Å². The van der Waals surface area contributed by atoms with Gasteiger partial charge in [0.05, 0.1) is 25.1 Å². The fourth-order valence-electron chi connectivity index (χ4n) is 2.54. The standard InChI is InChI=1S/C15H22N4O5S/c1-24-13-6-4-3-5-12(13)19-10-11(9-14(19)20)18-15(21)16-7-8-17-25(2,22)23/h3-6,11,17H,7-10H2,1-2H3,(H2,16,18,21). The molecule has 1 aliphatic rings. The number of para-hydroxylation sites is 2. The number of carbonyl (C=O) groups is 2. The van der Waals surface area contributed by atoms with Gasteiger partial charge in [-0.2, -0.15) is 0 Å². The number of nitrogens with zero attached hydrogens (tertiary/aromatic N) is 1. The third-order valence-corrected chi connectivity index (χ3v) is 4.34. The van der Waals surface area contributed by atoms with Gasteiger partial charge in [0.2, 0.25) is 15.9 Å². The van der Waals surface area contributed by atoms with E-state index in [1.807, 2.05) is 12.1 Å². The summed E-state index contributed by atoms with van der Waals surface area (Å²) in [5.74, 6) is 0.487. The molecule has 0 aromatic heterocycles. The molecule has 0 bridgehead atoms. The average Bonchev–Trinajstić information content (AvgIpc) is 2.90. The van der Waals surface area contributed by atoms with Crippen molar-refractivity contribution in [2.24, 2.45) is 0 Å². The van der Waals surface area contributed by atoms with Crippen LogP contribution in [0.5, 0.6) is 5.75 Å². The molecule has 0 spiro atoms. The van der Waals surface area contributed by atoms with Crippen molar-refractivity contribution in [3.63, 3.8) is 0 Å². The Morgan fingerprint density at radius 3 is 2.72 bits per heavy atom. The number of amides is 3. The van der Waals surface area contributed by atoms with Crippen LogP contribution in [0.1, 0.15) is 6.42 Å². The highest BCUT2D eigenvalue weighted by Crippen LogP contribution is 2.30. The molecular formula is C15H22N4O5S. The van der Waals surface area contributed by atoms with Crippen LogP contribution in [0.2, 0.25) is 0 Å². The Morgan fingerprint density at radius 2 is 2.04 bits per heavy atom. The molecule has 3 N–H and O–H groups in total. The van der Waals surface area contributed by atoms with Crippen molar-refractivity contribution in [1.29, 1.82) is 0 Å². The summed E-state index contributed by atoms with van der Waals surface area (Å²) < 4.78 is 29.4. The number of anilines is 1. The van der Waals surface area contributed by atoms with Gasteiger partial charge in [-0.15, -0.1) is 0 Å². The third-order valence-electron chi connectivity index (χ3n) is 3.61. The number of hydrogen-bond donors (Lipinski definition) is 3. The number of nitrogens with one attached hydrogen (secondary N) is 3. The molecule has 10 heteroatoms. The summed E-state index contributed by atoms with van der Waals surface area (Å²) in [5, 5.41) is 5.26. The van der Waals surface area contributed by atoms with E-state index in [4.69, 9.17) is 4.74 Å². The first-order valence-corrected chi connectivity index (χ1v) is 9.61. The fraction of sp³-hybridized carbons (Fsp3) is 0.467. The van der Waals surface area contributed by atoms with E-state index in [1.54, 1.807) is 17.0 Å². The summed E-state index contributed by atoms with van der Waals surface area (Å²) in [7, 11) is -1.75. The highest BCUT2D eigenvalue weighted by molar-refractivity contribution is 7.88. The van der Waals surface area contributed by atoms with Crippen LogP contribution in [0.4, 0.5) is 10.5 Å². The Morgan fingerprint density at radius 1 is 1.32 bits per heavy atom. The number of carbonyl (C=O) groups excluding carboxylic acids is 2. The summed E-state index contributed by atoms with van der Waals surface area (Å²) in [6, 6.07) is 6.40. The van der Waals surface area contributed by atoms with E-state index in [0.29, 0.717) is 18.0 Å². The van der Waals surface area contributed by atoms with Crippen molar-refractivity contribution >= 4 is 27.6 Å². The number of hydrogen-bond acceptors (Lipinski definition) is 5. The Balaban J connectivity index is 1.85. The van der Waals surface area contributed by atoms with E-state index in [9.17, 15) is 18.0 Å². The maximum Gasteiger partial charge on any atom is 0.315 e. The average molecular weight is 370 g/mol. The zero-order valence-electron chi connectivity index (χ0n) is 14.1. The van der Waals surface area contributed by atoms with E-state index >= 15 is 0 Å². The molecule has 1 aliphatic heterocycles. The van der Waals surface area contributed by atoms with Gasteiger partial charge < -0.3 is 20.3 Å². The molecule has 0 aliphatic carbocycles. The van der Waals surface area contributed by atoms with Crippen molar-refractivity contribution in [1.82, 2.24) is 15.4 Å². The molecule has 1 aromatic carbocycles. The molecule has 1 aromatic rings. The van der Waals surface area contributed by atoms with Crippen molar-refractivity contribution in [2.45, 2.75) is 12.5 Å². The number of sulfonamides is 1. The minimum atomic E-state index is -3.28. The molecule has 138 valence electrons. The lowest BCUT2D eigenvalue weighted by molar-refractivity contribution is -0.117. The van der Waals surface area contributed by atoms with E-state index in [1.165, 1.54) is 7.11 Å². The summed E-state index contributed by atoms with van der Waals surface area (Å²) in [6.07, 6.45) is 1.23. The summed E-state index contributed by atoms with van der Waals surface area (Å²) in [4.78, 5) is 25.6. The highest BCUT2D eigenvalue weighted by atomic mass is 32.2. The Bertz CT molecular complexity index is 737. The molecule has 0 saturated carbocycles. The molecule has 25 heavy (non-hydrogen) atoms. The van der Waals surface area contributed by atoms with Crippen molar-refractivity contribution in [3.8, 4) is 5.75 Å². The monoisotopic (exact) mass is 370 g/mol. The topological polar surface area (TPSA) is 117 Å². The van der Waals surface area contributed by atoms with Gasteiger partial charge in [-0.25, -0.2) is 17.9 Å². The summed E-state index contributed by atoms with van der Waals surface area (Å²) >= 11 is 0. The van der Waals surface area contributed by atoms with E-state index in [0.717, 1.165) is 6.26 Å². The van der Waals surface area contributed by atoms with Crippen LogP contribution >= 0.6 is 0 Å². The van der Waals surface area contributed by atoms with Gasteiger partial charge in [0, 0.05) is 26.1 Å². The fourth-order valence-corrected chi connectivity index (χ4v) is 3.01. The maximum absolute atomic E-state index is 12.2. The minimum absolute atomic E-state index is 0.100. The van der Waals surface area contributed by atoms with Crippen LogP contribution in [0, 0.1) is 0 Å². The summed E-state index contributed by atoms with van der Waals surface area (Å²) in [5.41, 5.74) is 0.664. The second-order valence-corrected chi connectivity index (χ2v) is 7.48. The zero-order chi connectivity index (χ0) is 18.4. The Labute approximate surface area is 146 Å². The smallest absolute Gasteiger partial charge is 0.315 e. The Hall–Kier alpha value is -2.33. The quantitative estimate of drug-likeness (QED) is 0.567. The number of rotatable bonds is 7. The van der Waals surface area contributed by atoms with Crippen LogP contribution < -0.4 is 25.0 Å². The van der Waals surface area contributed by atoms with Crippen LogP contribution in [0.3, 0.4) is 0 Å². The number of methoxy groups -OCH3 is 1. The molecule has 3 amide bonds. The molecular weight excluding hydrogens is 348 g/mol. The van der Waals surface area contributed by atoms with Gasteiger partial charge in [0.1, 0.15) is 5.75 Å². The van der Waals surface area contributed by atoms with E-state index < -0.39 is 16.1 Å². The molecule has 1 atom stereocenters. The van der Waals surface area contributed by atoms with Gasteiger partial charge in [0.25, 0.3) is 0 Å². The van der Waals surface area contributed by atoms with Gasteiger partial charge in [-0.05, 0) is 12.1 Å². The van der Waals surface area contributed by atoms with Crippen LogP contribution in [-0.2, 0) is 14.8 Å².